The third-order valence-electron chi connectivity index (χ3n) is 1.51. The van der Waals surface area contributed by atoms with Crippen LogP contribution in [0, 0.1) is 0 Å². The summed E-state index contributed by atoms with van der Waals surface area (Å²) in [5, 5.41) is 0. The molecule has 1 aromatic carbocycles. The van der Waals surface area contributed by atoms with Crippen LogP contribution in [0.1, 0.15) is 24.2 Å². The number of carbonyl (C=O) groups excluding carboxylic acids is 1. The lowest BCUT2D eigenvalue weighted by Gasteiger charge is -2.09. The number of hydrogen-bond donors (Lipinski definition) is 1. The Morgan fingerprint density at radius 2 is 2.14 bits per heavy atom. The number of carbonyl (C=O) groups is 1. The van der Waals surface area contributed by atoms with Crippen LogP contribution in [0.4, 0.5) is 0 Å². The first-order valence-corrected chi connectivity index (χ1v) is 5.44. The maximum Gasteiger partial charge on any atom is 0.339 e. The van der Waals surface area contributed by atoms with E-state index < -0.39 is 0 Å². The molecular formula is C10H11BrO2S. The first-order chi connectivity index (χ1) is 6.50. The van der Waals surface area contributed by atoms with Crippen LogP contribution in [0.3, 0.4) is 0 Å². The zero-order valence-corrected chi connectivity index (χ0v) is 10.4. The van der Waals surface area contributed by atoms with Gasteiger partial charge in [0.25, 0.3) is 0 Å². The fourth-order valence-electron chi connectivity index (χ4n) is 0.947. The van der Waals surface area contributed by atoms with Gasteiger partial charge in [-0.25, -0.2) is 4.79 Å². The summed E-state index contributed by atoms with van der Waals surface area (Å²) in [6.45, 7) is 3.63. The number of benzene rings is 1. The largest absolute Gasteiger partial charge is 0.459 e. The lowest BCUT2D eigenvalue weighted by Crippen LogP contribution is -2.12. The van der Waals surface area contributed by atoms with Crippen molar-refractivity contribution in [1.82, 2.24) is 0 Å². The van der Waals surface area contributed by atoms with Gasteiger partial charge in [-0.2, -0.15) is 0 Å². The van der Waals surface area contributed by atoms with Gasteiger partial charge in [0.15, 0.2) is 0 Å². The minimum Gasteiger partial charge on any atom is -0.459 e. The molecule has 0 aliphatic carbocycles. The maximum atomic E-state index is 11.5. The molecule has 0 N–H and O–H groups in total. The van der Waals surface area contributed by atoms with Gasteiger partial charge in [-0.1, -0.05) is 0 Å². The van der Waals surface area contributed by atoms with Crippen LogP contribution in [0.25, 0.3) is 0 Å². The highest BCUT2D eigenvalue weighted by Crippen LogP contribution is 2.21. The summed E-state index contributed by atoms with van der Waals surface area (Å²) in [4.78, 5) is 12.3. The van der Waals surface area contributed by atoms with Crippen LogP contribution in [-0.4, -0.2) is 12.1 Å². The van der Waals surface area contributed by atoms with Crippen molar-refractivity contribution in [2.45, 2.75) is 24.8 Å². The van der Waals surface area contributed by atoms with E-state index in [9.17, 15) is 4.79 Å². The van der Waals surface area contributed by atoms with E-state index in [2.05, 4.69) is 28.6 Å². The molecule has 0 radical (unpaired) electrons. The van der Waals surface area contributed by atoms with Crippen molar-refractivity contribution >= 4 is 34.5 Å². The van der Waals surface area contributed by atoms with E-state index in [-0.39, 0.29) is 12.1 Å². The second-order valence-corrected chi connectivity index (χ2v) is 4.49. The third kappa shape index (κ3) is 3.03. The minimum atomic E-state index is -0.331. The smallest absolute Gasteiger partial charge is 0.339 e. The van der Waals surface area contributed by atoms with Crippen LogP contribution in [0.5, 0.6) is 0 Å². The molecule has 0 saturated heterocycles. The van der Waals surface area contributed by atoms with E-state index >= 15 is 0 Å². The number of ether oxygens (including phenoxy) is 1. The lowest BCUT2D eigenvalue weighted by atomic mass is 10.2. The minimum absolute atomic E-state index is 0.113. The molecule has 14 heavy (non-hydrogen) atoms. The van der Waals surface area contributed by atoms with Crippen molar-refractivity contribution in [2.24, 2.45) is 0 Å². The number of rotatable bonds is 2. The molecule has 0 aliphatic rings. The predicted molar refractivity (Wildman–Crippen MR) is 61.9 cm³/mol. The zero-order chi connectivity index (χ0) is 10.7. The molecule has 4 heteroatoms. The van der Waals surface area contributed by atoms with Crippen molar-refractivity contribution in [2.75, 3.05) is 0 Å². The molecule has 0 fully saturated rings. The summed E-state index contributed by atoms with van der Waals surface area (Å²) < 4.78 is 5.79. The first kappa shape index (κ1) is 11.6. The van der Waals surface area contributed by atoms with Gasteiger partial charge < -0.3 is 4.74 Å². The zero-order valence-electron chi connectivity index (χ0n) is 7.95. The van der Waals surface area contributed by atoms with Gasteiger partial charge in [0.1, 0.15) is 0 Å². The molecular weight excluding hydrogens is 264 g/mol. The fourth-order valence-corrected chi connectivity index (χ4v) is 1.56. The quantitative estimate of drug-likeness (QED) is 0.662. The normalized spacial score (nSPS) is 10.4. The third-order valence-corrected chi connectivity index (χ3v) is 2.48. The second kappa shape index (κ2) is 4.84. The Morgan fingerprint density at radius 3 is 2.71 bits per heavy atom. The van der Waals surface area contributed by atoms with Crippen LogP contribution >= 0.6 is 28.6 Å². The summed E-state index contributed by atoms with van der Waals surface area (Å²) in [6, 6.07) is 5.26. The first-order valence-electron chi connectivity index (χ1n) is 4.20. The summed E-state index contributed by atoms with van der Waals surface area (Å²) in [5.74, 6) is -0.331. The van der Waals surface area contributed by atoms with Gasteiger partial charge in [-0.3, -0.25) is 0 Å². The summed E-state index contributed by atoms with van der Waals surface area (Å²) in [7, 11) is 0. The Kier molecular flexibility index (Phi) is 4.01. The Labute approximate surface area is 97.2 Å². The standard InChI is InChI=1S/C10H11BrO2S/c1-6(2)13-10(12)8-5-7(14)3-4-9(8)11/h3-6,14H,1-2H3. The Morgan fingerprint density at radius 1 is 1.50 bits per heavy atom. The van der Waals surface area contributed by atoms with Crippen molar-refractivity contribution in [1.29, 1.82) is 0 Å². The Balaban J connectivity index is 2.94. The van der Waals surface area contributed by atoms with Gasteiger partial charge in [0.2, 0.25) is 0 Å². The van der Waals surface area contributed by atoms with E-state index in [0.717, 1.165) is 9.37 Å². The predicted octanol–water partition coefficient (Wildman–Crippen LogP) is 3.30. The van der Waals surface area contributed by atoms with Crippen molar-refractivity contribution < 1.29 is 9.53 Å². The molecule has 0 heterocycles. The van der Waals surface area contributed by atoms with Gasteiger partial charge in [0.05, 0.1) is 11.7 Å². The molecule has 0 aliphatic heterocycles. The van der Waals surface area contributed by atoms with Crippen LogP contribution in [0.2, 0.25) is 0 Å². The number of halogens is 1. The lowest BCUT2D eigenvalue weighted by molar-refractivity contribution is 0.0376. The van der Waals surface area contributed by atoms with Gasteiger partial charge >= 0.3 is 5.97 Å². The van der Waals surface area contributed by atoms with Crippen LogP contribution in [-0.2, 0) is 4.74 Å². The van der Waals surface area contributed by atoms with Crippen molar-refractivity contribution in [3.8, 4) is 0 Å². The highest BCUT2D eigenvalue weighted by molar-refractivity contribution is 9.10. The van der Waals surface area contributed by atoms with Gasteiger partial charge in [-0.05, 0) is 48.0 Å². The van der Waals surface area contributed by atoms with Crippen LogP contribution < -0.4 is 0 Å². The van der Waals surface area contributed by atoms with E-state index in [4.69, 9.17) is 4.74 Å². The summed E-state index contributed by atoms with van der Waals surface area (Å²) >= 11 is 7.44. The highest BCUT2D eigenvalue weighted by Gasteiger charge is 2.12. The van der Waals surface area contributed by atoms with E-state index in [0.29, 0.717) is 5.56 Å². The molecule has 0 unspecified atom stereocenters. The molecule has 0 amide bonds. The fraction of sp³-hybridized carbons (Fsp3) is 0.300. The maximum absolute atomic E-state index is 11.5. The Bertz CT molecular complexity index is 350. The highest BCUT2D eigenvalue weighted by atomic mass is 79.9. The molecule has 0 saturated carbocycles. The number of esters is 1. The van der Waals surface area contributed by atoms with E-state index in [1.165, 1.54) is 0 Å². The monoisotopic (exact) mass is 274 g/mol. The molecule has 0 bridgehead atoms. The topological polar surface area (TPSA) is 26.3 Å². The SMILES string of the molecule is CC(C)OC(=O)c1cc(S)ccc1Br. The molecule has 76 valence electrons. The molecule has 1 aromatic rings. The number of hydrogen-bond acceptors (Lipinski definition) is 3. The summed E-state index contributed by atoms with van der Waals surface area (Å²) in [6.07, 6.45) is -0.113. The average Bonchev–Trinajstić information content (AvgIpc) is 2.08. The van der Waals surface area contributed by atoms with Gasteiger partial charge in [-0.15, -0.1) is 12.6 Å². The second-order valence-electron chi connectivity index (χ2n) is 3.12. The van der Waals surface area contributed by atoms with Crippen LogP contribution in [0.15, 0.2) is 27.6 Å². The van der Waals surface area contributed by atoms with Crippen molar-refractivity contribution in [3.05, 3.63) is 28.2 Å². The molecule has 0 aromatic heterocycles. The van der Waals surface area contributed by atoms with E-state index in [1.54, 1.807) is 18.2 Å². The summed E-state index contributed by atoms with van der Waals surface area (Å²) in [5.41, 5.74) is 0.506. The molecule has 0 spiro atoms. The Hall–Kier alpha value is -0.480. The molecule has 1 rings (SSSR count). The average molecular weight is 275 g/mol. The molecule has 2 nitrogen and oxygen atoms in total. The molecule has 0 atom stereocenters. The number of thiol groups is 1. The van der Waals surface area contributed by atoms with Gasteiger partial charge in [0, 0.05) is 9.37 Å². The van der Waals surface area contributed by atoms with Crippen molar-refractivity contribution in [3.63, 3.8) is 0 Å². The van der Waals surface area contributed by atoms with E-state index in [1.807, 2.05) is 13.8 Å².